The lowest BCUT2D eigenvalue weighted by Crippen LogP contribution is -2.54. The summed E-state index contributed by atoms with van der Waals surface area (Å²) in [5.74, 6) is -0.545. The van der Waals surface area contributed by atoms with Gasteiger partial charge in [-0.05, 0) is 69.3 Å². The quantitative estimate of drug-likeness (QED) is 0.724. The Morgan fingerprint density at radius 2 is 1.75 bits per heavy atom. The lowest BCUT2D eigenvalue weighted by Gasteiger charge is -2.47. The van der Waals surface area contributed by atoms with Crippen molar-refractivity contribution in [2.75, 3.05) is 0 Å². The Hall–Kier alpha value is -1.16. The van der Waals surface area contributed by atoms with E-state index < -0.39 is 28.1 Å². The molecule has 0 aliphatic heterocycles. The van der Waals surface area contributed by atoms with Gasteiger partial charge in [0.25, 0.3) is 0 Å². The molecule has 4 aliphatic carbocycles. The molecule has 7 atom stereocenters. The number of rotatable bonds is 1. The summed E-state index contributed by atoms with van der Waals surface area (Å²) in [4.78, 5) is 26.8. The molecule has 4 aliphatic rings. The minimum atomic E-state index is -1.30. The zero-order valence-electron chi connectivity index (χ0n) is 15.2. The van der Waals surface area contributed by atoms with Gasteiger partial charge in [0, 0.05) is 5.92 Å². The van der Waals surface area contributed by atoms with Crippen LogP contribution in [-0.4, -0.2) is 27.4 Å². The minimum Gasteiger partial charge on any atom is -0.504 e. The molecule has 0 radical (unpaired) electrons. The molecule has 1 spiro atoms. The average molecular weight is 332 g/mol. The number of ketones is 2. The molecule has 0 aromatic heterocycles. The molecule has 4 rings (SSSR count). The van der Waals surface area contributed by atoms with Crippen molar-refractivity contribution in [1.29, 1.82) is 0 Å². The van der Waals surface area contributed by atoms with E-state index in [4.69, 9.17) is 0 Å². The predicted molar refractivity (Wildman–Crippen MR) is 89.2 cm³/mol. The fourth-order valence-corrected chi connectivity index (χ4v) is 7.44. The lowest BCUT2D eigenvalue weighted by atomic mass is 9.53. The van der Waals surface area contributed by atoms with Crippen LogP contribution in [0.2, 0.25) is 0 Å². The van der Waals surface area contributed by atoms with Crippen molar-refractivity contribution in [2.45, 2.75) is 59.5 Å². The average Bonchev–Trinajstić information content (AvgIpc) is 2.82. The van der Waals surface area contributed by atoms with Gasteiger partial charge in [-0.2, -0.15) is 0 Å². The molecule has 2 N–H and O–H groups in total. The zero-order chi connectivity index (χ0) is 17.8. The van der Waals surface area contributed by atoms with Crippen molar-refractivity contribution in [3.63, 3.8) is 0 Å². The standard InChI is InChI=1S/C20H28O4/c1-9-6-7-11-10(2)8-12-15(18(3,4)24)19(5)16(22)14(21)13(9)20(11,12)17(19)23/h9-12,15,21,24H,6-8H2,1-5H3/t9-,10-,11+,12-,15+,19-,20-/m0/s1. The first-order valence-corrected chi connectivity index (χ1v) is 9.25. The second-order valence-corrected chi connectivity index (χ2v) is 9.53. The second-order valence-electron chi connectivity index (χ2n) is 9.53. The van der Waals surface area contributed by atoms with Gasteiger partial charge in [0.2, 0.25) is 5.78 Å². The van der Waals surface area contributed by atoms with Crippen LogP contribution >= 0.6 is 0 Å². The van der Waals surface area contributed by atoms with E-state index in [1.807, 2.05) is 6.92 Å². The normalized spacial score (nSPS) is 50.5. The van der Waals surface area contributed by atoms with Crippen LogP contribution in [0, 0.1) is 40.4 Å². The van der Waals surface area contributed by atoms with Crippen molar-refractivity contribution in [3.05, 3.63) is 11.3 Å². The number of aliphatic hydroxyl groups excluding tert-OH is 1. The first-order chi connectivity index (χ1) is 11.0. The van der Waals surface area contributed by atoms with E-state index in [2.05, 4.69) is 6.92 Å². The van der Waals surface area contributed by atoms with Gasteiger partial charge in [0.1, 0.15) is 0 Å². The maximum absolute atomic E-state index is 13.8. The number of hydrogen-bond acceptors (Lipinski definition) is 4. The van der Waals surface area contributed by atoms with E-state index in [1.165, 1.54) is 0 Å². The summed E-state index contributed by atoms with van der Waals surface area (Å²) in [6, 6.07) is 0. The van der Waals surface area contributed by atoms with E-state index in [9.17, 15) is 19.8 Å². The summed E-state index contributed by atoms with van der Waals surface area (Å²) >= 11 is 0. The van der Waals surface area contributed by atoms with Crippen molar-refractivity contribution < 1.29 is 19.8 Å². The van der Waals surface area contributed by atoms with E-state index in [0.717, 1.165) is 19.3 Å². The molecule has 2 bridgehead atoms. The Morgan fingerprint density at radius 3 is 2.33 bits per heavy atom. The first-order valence-electron chi connectivity index (χ1n) is 9.25. The molecule has 24 heavy (non-hydrogen) atoms. The highest BCUT2D eigenvalue weighted by molar-refractivity contribution is 6.21. The highest BCUT2D eigenvalue weighted by Gasteiger charge is 2.80. The number of allylic oxidation sites excluding steroid dienone is 2. The van der Waals surface area contributed by atoms with Crippen LogP contribution < -0.4 is 0 Å². The Morgan fingerprint density at radius 1 is 1.12 bits per heavy atom. The minimum absolute atomic E-state index is 0.0224. The Kier molecular flexibility index (Phi) is 2.94. The van der Waals surface area contributed by atoms with E-state index in [0.29, 0.717) is 11.5 Å². The number of hydrogen-bond donors (Lipinski definition) is 2. The number of carbonyl (C=O) groups excluding carboxylic acids is 2. The van der Waals surface area contributed by atoms with Gasteiger partial charge in [-0.1, -0.05) is 13.8 Å². The molecule has 132 valence electrons. The van der Waals surface area contributed by atoms with Crippen LogP contribution in [0.25, 0.3) is 0 Å². The maximum atomic E-state index is 13.8. The molecule has 0 heterocycles. The molecular weight excluding hydrogens is 304 g/mol. The van der Waals surface area contributed by atoms with Crippen LogP contribution in [0.4, 0.5) is 0 Å². The number of Topliss-reactive ketones (excluding diaryl/α,β-unsaturated/α-hetero) is 2. The third kappa shape index (κ3) is 1.43. The van der Waals surface area contributed by atoms with Crippen molar-refractivity contribution in [2.24, 2.45) is 40.4 Å². The van der Waals surface area contributed by atoms with Gasteiger partial charge >= 0.3 is 0 Å². The van der Waals surface area contributed by atoms with Gasteiger partial charge in [-0.3, -0.25) is 9.59 Å². The first kappa shape index (κ1) is 16.3. The van der Waals surface area contributed by atoms with E-state index in [1.54, 1.807) is 20.8 Å². The molecule has 0 unspecified atom stereocenters. The SMILES string of the molecule is C[C@H]1CC[C@@H]2[C@@H](C)C[C@H]3[C@H](C(C)(C)O)[C@@]4(C)C(=O)C(O)=C1[C@]23C4=O. The maximum Gasteiger partial charge on any atom is 0.210 e. The number of carbonyl (C=O) groups is 2. The summed E-state index contributed by atoms with van der Waals surface area (Å²) in [5, 5.41) is 21.7. The zero-order valence-corrected chi connectivity index (χ0v) is 15.2. The molecular formula is C20H28O4. The Balaban J connectivity index is 2.08. The third-order valence-corrected chi connectivity index (χ3v) is 7.91. The van der Waals surface area contributed by atoms with Crippen molar-refractivity contribution >= 4 is 11.6 Å². The molecule has 4 nitrogen and oxygen atoms in total. The largest absolute Gasteiger partial charge is 0.504 e. The van der Waals surface area contributed by atoms with Gasteiger partial charge in [0.15, 0.2) is 11.5 Å². The molecule has 3 fully saturated rings. The highest BCUT2D eigenvalue weighted by Crippen LogP contribution is 2.75. The van der Waals surface area contributed by atoms with Crippen LogP contribution in [-0.2, 0) is 9.59 Å². The summed E-state index contributed by atoms with van der Waals surface area (Å²) in [7, 11) is 0. The molecule has 3 saturated carbocycles. The highest BCUT2D eigenvalue weighted by atomic mass is 16.3. The van der Waals surface area contributed by atoms with Crippen molar-refractivity contribution in [1.82, 2.24) is 0 Å². The molecule has 4 heteroatoms. The van der Waals surface area contributed by atoms with E-state index >= 15 is 0 Å². The second kappa shape index (κ2) is 4.32. The van der Waals surface area contributed by atoms with Gasteiger partial charge < -0.3 is 10.2 Å². The molecule has 0 amide bonds. The molecule has 0 saturated heterocycles. The monoisotopic (exact) mass is 332 g/mol. The Labute approximate surface area is 143 Å². The molecule has 0 aromatic rings. The van der Waals surface area contributed by atoms with Gasteiger partial charge in [-0.15, -0.1) is 0 Å². The summed E-state index contributed by atoms with van der Waals surface area (Å²) < 4.78 is 0. The topological polar surface area (TPSA) is 74.6 Å². The Bertz CT molecular complexity index is 684. The third-order valence-electron chi connectivity index (χ3n) is 7.91. The number of aliphatic hydroxyl groups is 2. The predicted octanol–water partition coefficient (Wildman–Crippen LogP) is 3.05. The van der Waals surface area contributed by atoms with Crippen molar-refractivity contribution in [3.8, 4) is 0 Å². The smallest absolute Gasteiger partial charge is 0.210 e. The lowest BCUT2D eigenvalue weighted by molar-refractivity contribution is -0.150. The number of fused-ring (bicyclic) bond motifs is 1. The summed E-state index contributed by atoms with van der Waals surface area (Å²) in [6.07, 6.45) is 2.72. The van der Waals surface area contributed by atoms with Crippen LogP contribution in [0.15, 0.2) is 11.3 Å². The van der Waals surface area contributed by atoms with Crippen LogP contribution in [0.3, 0.4) is 0 Å². The molecule has 0 aromatic carbocycles. The fraction of sp³-hybridized carbons (Fsp3) is 0.800. The summed E-state index contributed by atoms with van der Waals surface area (Å²) in [5.41, 5.74) is -2.47. The van der Waals surface area contributed by atoms with E-state index in [-0.39, 0.29) is 29.3 Å². The fourth-order valence-electron chi connectivity index (χ4n) is 7.44. The summed E-state index contributed by atoms with van der Waals surface area (Å²) in [6.45, 7) is 9.30. The van der Waals surface area contributed by atoms with Gasteiger partial charge in [-0.25, -0.2) is 0 Å². The van der Waals surface area contributed by atoms with Crippen LogP contribution in [0.1, 0.15) is 53.9 Å². The van der Waals surface area contributed by atoms with Gasteiger partial charge in [0.05, 0.1) is 16.4 Å². The van der Waals surface area contributed by atoms with Crippen LogP contribution in [0.5, 0.6) is 0 Å².